The fourth-order valence-corrected chi connectivity index (χ4v) is 4.54. The third kappa shape index (κ3) is 6.63. The summed E-state index contributed by atoms with van der Waals surface area (Å²) in [6.45, 7) is 6.90. The van der Waals surface area contributed by atoms with Gasteiger partial charge < -0.3 is 18.9 Å². The van der Waals surface area contributed by atoms with Crippen LogP contribution in [0.2, 0.25) is 0 Å². The van der Waals surface area contributed by atoms with Crippen molar-refractivity contribution in [2.45, 2.75) is 25.9 Å². The molecule has 4 rings (SSSR count). The Kier molecular flexibility index (Phi) is 8.47. The summed E-state index contributed by atoms with van der Waals surface area (Å²) in [5.41, 5.74) is 2.38. The number of ether oxygens (including phenoxy) is 2. The summed E-state index contributed by atoms with van der Waals surface area (Å²) >= 11 is 0. The Morgan fingerprint density at radius 2 is 1.73 bits per heavy atom. The fourth-order valence-electron chi connectivity index (χ4n) is 4.54. The Bertz CT molecular complexity index is 952. The van der Waals surface area contributed by atoms with Crippen molar-refractivity contribution in [1.82, 2.24) is 24.3 Å². The average Bonchev–Trinajstić information content (AvgIpc) is 3.32. The molecule has 33 heavy (non-hydrogen) atoms. The lowest BCUT2D eigenvalue weighted by molar-refractivity contribution is 0.103. The van der Waals surface area contributed by atoms with Crippen LogP contribution in [0, 0.1) is 5.92 Å². The molecule has 1 aliphatic heterocycles. The lowest BCUT2D eigenvalue weighted by Gasteiger charge is -2.34. The van der Waals surface area contributed by atoms with Gasteiger partial charge in [-0.3, -0.25) is 9.88 Å². The van der Waals surface area contributed by atoms with Crippen molar-refractivity contribution in [3.05, 3.63) is 72.6 Å². The molecule has 2 aromatic heterocycles. The second kappa shape index (κ2) is 11.9. The van der Waals surface area contributed by atoms with Gasteiger partial charge in [-0.2, -0.15) is 0 Å². The first-order valence-electron chi connectivity index (χ1n) is 11.7. The molecular formula is C26H35N5O2. The third-order valence-electron chi connectivity index (χ3n) is 6.42. The molecule has 176 valence electrons. The highest BCUT2D eigenvalue weighted by Crippen LogP contribution is 2.22. The van der Waals surface area contributed by atoms with E-state index < -0.39 is 0 Å². The molecule has 0 bridgehead atoms. The van der Waals surface area contributed by atoms with Gasteiger partial charge in [0, 0.05) is 57.2 Å². The predicted molar refractivity (Wildman–Crippen MR) is 130 cm³/mol. The van der Waals surface area contributed by atoms with Crippen LogP contribution in [0.1, 0.15) is 24.2 Å². The van der Waals surface area contributed by atoms with Gasteiger partial charge >= 0.3 is 0 Å². The quantitative estimate of drug-likeness (QED) is 0.446. The normalized spacial score (nSPS) is 15.2. The Hall–Kier alpha value is -2.74. The number of hydrogen-bond donors (Lipinski definition) is 0. The molecule has 1 aromatic carbocycles. The maximum absolute atomic E-state index is 5.31. The monoisotopic (exact) mass is 449 g/mol. The van der Waals surface area contributed by atoms with Crippen molar-refractivity contribution in [2.24, 2.45) is 5.92 Å². The van der Waals surface area contributed by atoms with Crippen LogP contribution >= 0.6 is 0 Å². The number of pyridine rings is 1. The van der Waals surface area contributed by atoms with Crippen LogP contribution in [0.25, 0.3) is 5.69 Å². The number of benzene rings is 1. The molecule has 1 fully saturated rings. The number of rotatable bonds is 11. The molecule has 3 heterocycles. The summed E-state index contributed by atoms with van der Waals surface area (Å²) in [5.74, 6) is 2.60. The summed E-state index contributed by atoms with van der Waals surface area (Å²) in [5, 5.41) is 0. The summed E-state index contributed by atoms with van der Waals surface area (Å²) in [7, 11) is 3.47. The van der Waals surface area contributed by atoms with Crippen molar-refractivity contribution in [2.75, 3.05) is 47.0 Å². The SMILES string of the molecule is COCCN1CCC(CN(Cc2ccncc2)Cc2nccn2-c2ccc(OC)cc2)CC1. The van der Waals surface area contributed by atoms with Gasteiger partial charge in [-0.15, -0.1) is 0 Å². The Morgan fingerprint density at radius 1 is 0.970 bits per heavy atom. The van der Waals surface area contributed by atoms with Crippen LogP contribution < -0.4 is 4.74 Å². The zero-order valence-electron chi connectivity index (χ0n) is 19.8. The molecule has 0 unspecified atom stereocenters. The number of piperidine rings is 1. The molecule has 0 atom stereocenters. The Morgan fingerprint density at radius 3 is 2.42 bits per heavy atom. The minimum absolute atomic E-state index is 0.690. The minimum atomic E-state index is 0.690. The molecule has 3 aromatic rings. The van der Waals surface area contributed by atoms with Crippen LogP contribution in [-0.4, -0.2) is 71.3 Å². The smallest absolute Gasteiger partial charge is 0.127 e. The molecule has 0 N–H and O–H groups in total. The van der Waals surface area contributed by atoms with E-state index in [-0.39, 0.29) is 0 Å². The number of imidazole rings is 1. The Labute approximate surface area is 197 Å². The Balaban J connectivity index is 1.45. The van der Waals surface area contributed by atoms with Gasteiger partial charge in [-0.25, -0.2) is 4.98 Å². The van der Waals surface area contributed by atoms with E-state index in [0.717, 1.165) is 63.1 Å². The molecule has 0 radical (unpaired) electrons. The van der Waals surface area contributed by atoms with Crippen LogP contribution in [0.4, 0.5) is 0 Å². The summed E-state index contributed by atoms with van der Waals surface area (Å²) in [6, 6.07) is 12.4. The van der Waals surface area contributed by atoms with Gasteiger partial charge in [-0.05, 0) is 73.8 Å². The van der Waals surface area contributed by atoms with Gasteiger partial charge in [0.25, 0.3) is 0 Å². The highest BCUT2D eigenvalue weighted by atomic mass is 16.5. The van der Waals surface area contributed by atoms with Gasteiger partial charge in [0.1, 0.15) is 11.6 Å². The first kappa shape index (κ1) is 23.4. The zero-order chi connectivity index (χ0) is 22.9. The summed E-state index contributed by atoms with van der Waals surface area (Å²) in [6.07, 6.45) is 10.1. The molecule has 1 saturated heterocycles. The number of hydrogen-bond acceptors (Lipinski definition) is 6. The lowest BCUT2D eigenvalue weighted by atomic mass is 9.96. The molecule has 7 heteroatoms. The van der Waals surface area contributed by atoms with Crippen LogP contribution in [-0.2, 0) is 17.8 Å². The number of nitrogens with zero attached hydrogens (tertiary/aromatic N) is 5. The zero-order valence-corrected chi connectivity index (χ0v) is 19.8. The van der Waals surface area contributed by atoms with Crippen LogP contribution in [0.15, 0.2) is 61.2 Å². The lowest BCUT2D eigenvalue weighted by Crippen LogP contribution is -2.40. The molecule has 0 spiro atoms. The minimum Gasteiger partial charge on any atom is -0.497 e. The van der Waals surface area contributed by atoms with Gasteiger partial charge in [0.15, 0.2) is 0 Å². The molecule has 7 nitrogen and oxygen atoms in total. The van der Waals surface area contributed by atoms with E-state index in [1.54, 1.807) is 14.2 Å². The fraction of sp³-hybridized carbons (Fsp3) is 0.462. The molecular weight excluding hydrogens is 414 g/mol. The second-order valence-electron chi connectivity index (χ2n) is 8.71. The van der Waals surface area contributed by atoms with E-state index in [0.29, 0.717) is 5.92 Å². The van der Waals surface area contributed by atoms with Gasteiger partial charge in [0.05, 0.1) is 20.3 Å². The van der Waals surface area contributed by atoms with E-state index >= 15 is 0 Å². The van der Waals surface area contributed by atoms with Crippen LogP contribution in [0.3, 0.4) is 0 Å². The van der Waals surface area contributed by atoms with Crippen molar-refractivity contribution in [3.63, 3.8) is 0 Å². The number of likely N-dealkylation sites (tertiary alicyclic amines) is 1. The highest BCUT2D eigenvalue weighted by molar-refractivity contribution is 5.38. The van der Waals surface area contributed by atoms with Gasteiger partial charge in [0.2, 0.25) is 0 Å². The maximum atomic E-state index is 5.31. The second-order valence-corrected chi connectivity index (χ2v) is 8.71. The van der Waals surface area contributed by atoms with Crippen molar-refractivity contribution in [3.8, 4) is 11.4 Å². The van der Waals surface area contributed by atoms with E-state index in [4.69, 9.17) is 14.5 Å². The molecule has 0 amide bonds. The maximum Gasteiger partial charge on any atom is 0.127 e. The summed E-state index contributed by atoms with van der Waals surface area (Å²) in [4.78, 5) is 13.9. The van der Waals surface area contributed by atoms with Crippen molar-refractivity contribution < 1.29 is 9.47 Å². The first-order valence-corrected chi connectivity index (χ1v) is 11.7. The topological polar surface area (TPSA) is 55.7 Å². The standard InChI is InChI=1S/C26H35N5O2/c1-32-18-17-29-14-9-23(10-15-29)20-30(19-22-7-11-27-12-8-22)21-26-28-13-16-31(26)24-3-5-25(33-2)6-4-24/h3-8,11-13,16,23H,9-10,14-15,17-21H2,1-2H3. The largest absolute Gasteiger partial charge is 0.497 e. The predicted octanol–water partition coefficient (Wildman–Crippen LogP) is 3.64. The van der Waals surface area contributed by atoms with Crippen LogP contribution in [0.5, 0.6) is 5.75 Å². The van der Waals surface area contributed by atoms with Crippen molar-refractivity contribution in [1.29, 1.82) is 0 Å². The van der Waals surface area contributed by atoms with E-state index in [2.05, 4.69) is 43.6 Å². The average molecular weight is 450 g/mol. The van der Waals surface area contributed by atoms with E-state index in [9.17, 15) is 0 Å². The molecule has 1 aliphatic rings. The van der Waals surface area contributed by atoms with E-state index in [1.165, 1.54) is 18.4 Å². The third-order valence-corrected chi connectivity index (χ3v) is 6.42. The van der Waals surface area contributed by atoms with Gasteiger partial charge in [-0.1, -0.05) is 0 Å². The first-order chi connectivity index (χ1) is 16.2. The molecule has 0 saturated carbocycles. The number of methoxy groups -OCH3 is 2. The van der Waals surface area contributed by atoms with Crippen molar-refractivity contribution >= 4 is 0 Å². The molecule has 0 aliphatic carbocycles. The number of aromatic nitrogens is 3. The summed E-state index contributed by atoms with van der Waals surface area (Å²) < 4.78 is 12.7. The highest BCUT2D eigenvalue weighted by Gasteiger charge is 2.22. The van der Waals surface area contributed by atoms with E-state index in [1.807, 2.05) is 36.9 Å².